The first-order chi connectivity index (χ1) is 18.3. The third-order valence-corrected chi connectivity index (χ3v) is 7.44. The minimum atomic E-state index is -0.374. The SMILES string of the molecule is CCc1ccc(N2C(=S)N[C@@H](c3ccccn3)[C@H]2c2cc(C)n(-c3ccc(OC)cc3[N+](=O)[O-])c2C)cc1. The van der Waals surface area contributed by atoms with Crippen molar-refractivity contribution in [1.29, 1.82) is 0 Å². The Hall–Kier alpha value is -4.24. The molecular formula is C29H29N5O3S. The highest BCUT2D eigenvalue weighted by atomic mass is 32.1. The maximum Gasteiger partial charge on any atom is 0.296 e. The molecule has 38 heavy (non-hydrogen) atoms. The molecule has 9 heteroatoms. The summed E-state index contributed by atoms with van der Waals surface area (Å²) in [5.41, 5.74) is 6.33. The van der Waals surface area contributed by atoms with Crippen molar-refractivity contribution in [1.82, 2.24) is 14.9 Å². The van der Waals surface area contributed by atoms with Gasteiger partial charge in [0.1, 0.15) is 11.4 Å². The van der Waals surface area contributed by atoms with Crippen LogP contribution in [-0.4, -0.2) is 26.7 Å². The number of nitro groups is 1. The van der Waals surface area contributed by atoms with E-state index in [1.165, 1.54) is 18.7 Å². The van der Waals surface area contributed by atoms with Gasteiger partial charge in [-0.25, -0.2) is 0 Å². The van der Waals surface area contributed by atoms with Crippen LogP contribution in [0.25, 0.3) is 5.69 Å². The number of rotatable bonds is 7. The van der Waals surface area contributed by atoms with Gasteiger partial charge in [-0.05, 0) is 86.1 Å². The summed E-state index contributed by atoms with van der Waals surface area (Å²) in [6.45, 7) is 6.08. The van der Waals surface area contributed by atoms with E-state index in [1.54, 1.807) is 18.3 Å². The summed E-state index contributed by atoms with van der Waals surface area (Å²) in [7, 11) is 1.50. The summed E-state index contributed by atoms with van der Waals surface area (Å²) in [6.07, 6.45) is 2.73. The molecule has 3 heterocycles. The number of hydrogen-bond acceptors (Lipinski definition) is 5. The van der Waals surface area contributed by atoms with E-state index in [4.69, 9.17) is 17.0 Å². The molecule has 0 bridgehead atoms. The van der Waals surface area contributed by atoms with E-state index >= 15 is 0 Å². The number of aryl methyl sites for hydroxylation is 2. The van der Waals surface area contributed by atoms with Crippen LogP contribution in [0.2, 0.25) is 0 Å². The molecule has 0 saturated carbocycles. The maximum atomic E-state index is 12.0. The average molecular weight is 528 g/mol. The van der Waals surface area contributed by atoms with E-state index < -0.39 is 0 Å². The van der Waals surface area contributed by atoms with E-state index in [-0.39, 0.29) is 22.7 Å². The zero-order chi connectivity index (χ0) is 27.0. The van der Waals surface area contributed by atoms with Gasteiger partial charge in [0.25, 0.3) is 5.69 Å². The van der Waals surface area contributed by atoms with Gasteiger partial charge in [-0.15, -0.1) is 0 Å². The summed E-state index contributed by atoms with van der Waals surface area (Å²) < 4.78 is 7.18. The molecule has 2 aromatic heterocycles. The smallest absolute Gasteiger partial charge is 0.296 e. The lowest BCUT2D eigenvalue weighted by molar-refractivity contribution is -0.384. The molecule has 0 amide bonds. The number of nitrogens with zero attached hydrogens (tertiary/aromatic N) is 4. The lowest BCUT2D eigenvalue weighted by Gasteiger charge is -2.28. The highest BCUT2D eigenvalue weighted by Crippen LogP contribution is 2.44. The Morgan fingerprint density at radius 1 is 1.11 bits per heavy atom. The third kappa shape index (κ3) is 4.39. The van der Waals surface area contributed by atoms with E-state index in [1.807, 2.05) is 36.6 Å². The van der Waals surface area contributed by atoms with Crippen molar-refractivity contribution in [3.05, 3.63) is 111 Å². The van der Waals surface area contributed by atoms with Crippen molar-refractivity contribution in [2.24, 2.45) is 0 Å². The normalized spacial score (nSPS) is 16.9. The van der Waals surface area contributed by atoms with Crippen LogP contribution in [-0.2, 0) is 6.42 Å². The van der Waals surface area contributed by atoms with Crippen molar-refractivity contribution in [3.63, 3.8) is 0 Å². The summed E-state index contributed by atoms with van der Waals surface area (Å²) in [5.74, 6) is 0.436. The molecule has 1 aliphatic heterocycles. The van der Waals surface area contributed by atoms with Crippen molar-refractivity contribution in [2.45, 2.75) is 39.3 Å². The molecule has 0 unspecified atom stereocenters. The van der Waals surface area contributed by atoms with E-state index in [0.29, 0.717) is 16.5 Å². The standard InChI is InChI=1S/C29H29N5O3S/c1-5-20-9-11-21(12-10-20)33-28(27(31-29(33)38)24-8-6-7-15-30-24)23-16-18(2)32(19(23)3)25-14-13-22(37-4)17-26(25)34(35)36/h6-17,27-28H,5H2,1-4H3,(H,31,38)/t27-,28+/m0/s1. The van der Waals surface area contributed by atoms with Crippen LogP contribution in [0.1, 0.15) is 47.2 Å². The molecule has 1 aliphatic rings. The highest BCUT2D eigenvalue weighted by molar-refractivity contribution is 7.80. The lowest BCUT2D eigenvalue weighted by Crippen LogP contribution is -2.29. The van der Waals surface area contributed by atoms with Crippen LogP contribution in [0.3, 0.4) is 0 Å². The molecular weight excluding hydrogens is 498 g/mol. The second-order valence-electron chi connectivity index (χ2n) is 9.29. The number of anilines is 1. The van der Waals surface area contributed by atoms with E-state index in [0.717, 1.165) is 34.8 Å². The summed E-state index contributed by atoms with van der Waals surface area (Å²) in [4.78, 5) is 18.4. The Kier molecular flexibility index (Phi) is 6.86. The van der Waals surface area contributed by atoms with Crippen LogP contribution in [0.15, 0.2) is 72.9 Å². The molecule has 1 fully saturated rings. The number of nitro benzene ring substituents is 1. The third-order valence-electron chi connectivity index (χ3n) is 7.13. The molecule has 0 aliphatic carbocycles. The van der Waals surface area contributed by atoms with Gasteiger partial charge in [0.15, 0.2) is 5.11 Å². The van der Waals surface area contributed by atoms with Crippen LogP contribution < -0.4 is 15.0 Å². The average Bonchev–Trinajstić information content (AvgIpc) is 3.43. The Morgan fingerprint density at radius 2 is 1.87 bits per heavy atom. The number of aromatic nitrogens is 2. The number of benzene rings is 2. The van der Waals surface area contributed by atoms with Gasteiger partial charge in [0, 0.05) is 23.3 Å². The topological polar surface area (TPSA) is 85.5 Å². The fourth-order valence-electron chi connectivity index (χ4n) is 5.26. The number of ether oxygens (including phenoxy) is 1. The fourth-order valence-corrected chi connectivity index (χ4v) is 5.61. The van der Waals surface area contributed by atoms with Gasteiger partial charge in [0.05, 0.1) is 35.9 Å². The van der Waals surface area contributed by atoms with Crippen LogP contribution in [0, 0.1) is 24.0 Å². The molecule has 2 atom stereocenters. The van der Waals surface area contributed by atoms with Crippen molar-refractivity contribution >= 4 is 28.7 Å². The van der Waals surface area contributed by atoms with Crippen molar-refractivity contribution in [3.8, 4) is 11.4 Å². The minimum Gasteiger partial charge on any atom is -0.496 e. The van der Waals surface area contributed by atoms with Crippen molar-refractivity contribution < 1.29 is 9.66 Å². The van der Waals surface area contributed by atoms with Gasteiger partial charge >= 0.3 is 0 Å². The van der Waals surface area contributed by atoms with E-state index in [9.17, 15) is 10.1 Å². The Bertz CT molecular complexity index is 1500. The number of hydrogen-bond donors (Lipinski definition) is 1. The first-order valence-electron chi connectivity index (χ1n) is 12.4. The Morgan fingerprint density at radius 3 is 2.50 bits per heavy atom. The molecule has 1 N–H and O–H groups in total. The molecule has 0 spiro atoms. The fraction of sp³-hybridized carbons (Fsp3) is 0.241. The summed E-state index contributed by atoms with van der Waals surface area (Å²) in [5, 5.41) is 16.1. The van der Waals surface area contributed by atoms with Crippen molar-refractivity contribution in [2.75, 3.05) is 12.0 Å². The predicted molar refractivity (Wildman–Crippen MR) is 152 cm³/mol. The number of thiocarbonyl (C=S) groups is 1. The van der Waals surface area contributed by atoms with Gasteiger partial charge < -0.3 is 19.5 Å². The lowest BCUT2D eigenvalue weighted by atomic mass is 9.96. The molecule has 8 nitrogen and oxygen atoms in total. The first kappa shape index (κ1) is 25.4. The van der Waals surface area contributed by atoms with Gasteiger partial charge in [-0.3, -0.25) is 15.1 Å². The molecule has 0 radical (unpaired) electrons. The number of methoxy groups -OCH3 is 1. The Balaban J connectivity index is 1.69. The second-order valence-corrected chi connectivity index (χ2v) is 9.68. The maximum absolute atomic E-state index is 12.0. The summed E-state index contributed by atoms with van der Waals surface area (Å²) >= 11 is 5.87. The molecule has 194 valence electrons. The zero-order valence-electron chi connectivity index (χ0n) is 21.7. The zero-order valence-corrected chi connectivity index (χ0v) is 22.5. The van der Waals surface area contributed by atoms with E-state index in [2.05, 4.69) is 52.5 Å². The van der Waals surface area contributed by atoms with Gasteiger partial charge in [-0.1, -0.05) is 25.1 Å². The monoisotopic (exact) mass is 527 g/mol. The quantitative estimate of drug-likeness (QED) is 0.175. The van der Waals surface area contributed by atoms with Crippen LogP contribution >= 0.6 is 12.2 Å². The summed E-state index contributed by atoms with van der Waals surface area (Å²) in [6, 6.07) is 20.9. The first-order valence-corrected chi connectivity index (χ1v) is 12.9. The molecule has 4 aromatic rings. The van der Waals surface area contributed by atoms with Crippen LogP contribution in [0.5, 0.6) is 5.75 Å². The molecule has 1 saturated heterocycles. The second kappa shape index (κ2) is 10.3. The number of pyridine rings is 1. The highest BCUT2D eigenvalue weighted by Gasteiger charge is 2.42. The predicted octanol–water partition coefficient (Wildman–Crippen LogP) is 6.15. The Labute approximate surface area is 227 Å². The largest absolute Gasteiger partial charge is 0.496 e. The minimum absolute atomic E-state index is 0.0222. The molecule has 2 aromatic carbocycles. The van der Waals surface area contributed by atoms with Gasteiger partial charge in [-0.2, -0.15) is 0 Å². The van der Waals surface area contributed by atoms with Gasteiger partial charge in [0.2, 0.25) is 0 Å². The molecule has 5 rings (SSSR count). The number of nitrogens with one attached hydrogen (secondary N) is 1. The van der Waals surface area contributed by atoms with Crippen LogP contribution in [0.4, 0.5) is 11.4 Å².